The van der Waals surface area contributed by atoms with Crippen molar-refractivity contribution in [2.45, 2.75) is 71.6 Å². The predicted molar refractivity (Wildman–Crippen MR) is 115 cm³/mol. The highest BCUT2D eigenvalue weighted by molar-refractivity contribution is 5.55. The maximum Gasteiger partial charge on any atom is 0.149 e. The number of benzene rings is 2. The Kier molecular flexibility index (Phi) is 10.2. The van der Waals surface area contributed by atoms with E-state index in [4.69, 9.17) is 4.74 Å². The summed E-state index contributed by atoms with van der Waals surface area (Å²) in [6.07, 6.45) is 11.9. The zero-order valence-corrected chi connectivity index (χ0v) is 17.0. The van der Waals surface area contributed by atoms with E-state index in [1.54, 1.807) is 0 Å². The minimum absolute atomic E-state index is 0.745. The lowest BCUT2D eigenvalue weighted by atomic mass is 10.1. The van der Waals surface area contributed by atoms with Crippen molar-refractivity contribution in [3.63, 3.8) is 0 Å². The number of hydrogen-bond acceptors (Lipinski definition) is 3. The highest BCUT2D eigenvalue weighted by Crippen LogP contribution is 2.32. The molecule has 0 aliphatic heterocycles. The van der Waals surface area contributed by atoms with Crippen molar-refractivity contribution in [2.75, 3.05) is 6.61 Å². The van der Waals surface area contributed by atoms with Crippen LogP contribution in [0.5, 0.6) is 5.75 Å². The SMILES string of the molecule is CCCCCCCCCCCOc1c(C)cccc1N=Nc1ccccc1. The molecule has 0 amide bonds. The largest absolute Gasteiger partial charge is 0.491 e. The molecular formula is C24H34N2O. The fraction of sp³-hybridized carbons (Fsp3) is 0.500. The highest BCUT2D eigenvalue weighted by atomic mass is 16.5. The van der Waals surface area contributed by atoms with Gasteiger partial charge in [0.15, 0.2) is 0 Å². The van der Waals surface area contributed by atoms with E-state index in [0.29, 0.717) is 0 Å². The second-order valence-electron chi connectivity index (χ2n) is 7.14. The quantitative estimate of drug-likeness (QED) is 0.259. The number of ether oxygens (including phenoxy) is 1. The third-order valence-electron chi connectivity index (χ3n) is 4.71. The molecule has 0 spiro atoms. The van der Waals surface area contributed by atoms with Crippen LogP contribution in [0.15, 0.2) is 58.8 Å². The lowest BCUT2D eigenvalue weighted by molar-refractivity contribution is 0.303. The van der Waals surface area contributed by atoms with Crippen LogP contribution >= 0.6 is 0 Å². The minimum Gasteiger partial charge on any atom is -0.491 e. The Balaban J connectivity index is 1.73. The molecule has 0 radical (unpaired) electrons. The summed E-state index contributed by atoms with van der Waals surface area (Å²) in [5.74, 6) is 0.858. The van der Waals surface area contributed by atoms with Crippen LogP contribution in [0.25, 0.3) is 0 Å². The predicted octanol–water partition coefficient (Wildman–Crippen LogP) is 8.32. The summed E-state index contributed by atoms with van der Waals surface area (Å²) in [6.45, 7) is 5.07. The van der Waals surface area contributed by atoms with Crippen molar-refractivity contribution >= 4 is 11.4 Å². The van der Waals surface area contributed by atoms with Gasteiger partial charge in [0.05, 0.1) is 12.3 Å². The monoisotopic (exact) mass is 366 g/mol. The summed E-state index contributed by atoms with van der Waals surface area (Å²) in [5.41, 5.74) is 2.76. The van der Waals surface area contributed by atoms with E-state index in [9.17, 15) is 0 Å². The standard InChI is InChI=1S/C24H34N2O/c1-3-4-5-6-7-8-9-10-14-20-27-24-21(2)16-15-19-23(24)26-25-22-17-12-11-13-18-22/h11-13,15-19H,3-10,14,20H2,1-2H3. The first-order valence-electron chi connectivity index (χ1n) is 10.5. The minimum atomic E-state index is 0.745. The number of rotatable bonds is 13. The molecule has 0 aliphatic carbocycles. The summed E-state index contributed by atoms with van der Waals surface area (Å²) in [4.78, 5) is 0. The maximum absolute atomic E-state index is 6.06. The van der Waals surface area contributed by atoms with Crippen LogP contribution in [-0.2, 0) is 0 Å². The smallest absolute Gasteiger partial charge is 0.149 e. The summed E-state index contributed by atoms with van der Waals surface area (Å²) < 4.78 is 6.06. The first-order chi connectivity index (χ1) is 13.3. The van der Waals surface area contributed by atoms with Crippen molar-refractivity contribution in [1.29, 1.82) is 0 Å². The van der Waals surface area contributed by atoms with Crippen LogP contribution in [0.1, 0.15) is 70.3 Å². The van der Waals surface area contributed by atoms with Gasteiger partial charge in [-0.3, -0.25) is 0 Å². The van der Waals surface area contributed by atoms with Crippen LogP contribution in [0.2, 0.25) is 0 Å². The van der Waals surface area contributed by atoms with E-state index in [-0.39, 0.29) is 0 Å². The molecule has 0 aromatic heterocycles. The first kappa shape index (κ1) is 21.1. The Morgan fingerprint density at radius 2 is 1.37 bits per heavy atom. The van der Waals surface area contributed by atoms with Gasteiger partial charge in [-0.2, -0.15) is 5.11 Å². The van der Waals surface area contributed by atoms with Gasteiger partial charge in [-0.25, -0.2) is 0 Å². The molecule has 0 unspecified atom stereocenters. The molecule has 0 atom stereocenters. The normalized spacial score (nSPS) is 11.2. The third-order valence-corrected chi connectivity index (χ3v) is 4.71. The molecule has 3 heteroatoms. The van der Waals surface area contributed by atoms with E-state index in [1.165, 1.54) is 51.4 Å². The molecule has 146 valence electrons. The fourth-order valence-corrected chi connectivity index (χ4v) is 3.10. The third kappa shape index (κ3) is 8.38. The van der Waals surface area contributed by atoms with E-state index in [0.717, 1.165) is 35.7 Å². The second kappa shape index (κ2) is 13.1. The van der Waals surface area contributed by atoms with Gasteiger partial charge in [0.2, 0.25) is 0 Å². The van der Waals surface area contributed by atoms with Crippen molar-refractivity contribution in [1.82, 2.24) is 0 Å². The van der Waals surface area contributed by atoms with Gasteiger partial charge in [0.25, 0.3) is 0 Å². The number of aryl methyl sites for hydroxylation is 1. The van der Waals surface area contributed by atoms with Gasteiger partial charge in [-0.1, -0.05) is 88.6 Å². The molecular weight excluding hydrogens is 332 g/mol. The van der Waals surface area contributed by atoms with Crippen molar-refractivity contribution < 1.29 is 4.74 Å². The van der Waals surface area contributed by atoms with Gasteiger partial charge in [0, 0.05) is 0 Å². The number of azo groups is 1. The maximum atomic E-state index is 6.06. The average molecular weight is 367 g/mol. The van der Waals surface area contributed by atoms with Crippen LogP contribution in [0.4, 0.5) is 11.4 Å². The van der Waals surface area contributed by atoms with Crippen LogP contribution < -0.4 is 4.74 Å². The van der Waals surface area contributed by atoms with Gasteiger partial charge >= 0.3 is 0 Å². The molecule has 27 heavy (non-hydrogen) atoms. The van der Waals surface area contributed by atoms with E-state index >= 15 is 0 Å². The van der Waals surface area contributed by atoms with E-state index < -0.39 is 0 Å². The number of nitrogens with zero attached hydrogens (tertiary/aromatic N) is 2. The lowest BCUT2D eigenvalue weighted by Crippen LogP contribution is -1.99. The molecule has 0 saturated carbocycles. The van der Waals surface area contributed by atoms with Gasteiger partial charge in [-0.15, -0.1) is 5.11 Å². The molecule has 0 aliphatic rings. The number of para-hydroxylation sites is 1. The Labute approximate surface area is 164 Å². The Morgan fingerprint density at radius 3 is 2.07 bits per heavy atom. The van der Waals surface area contributed by atoms with Crippen LogP contribution in [0, 0.1) is 6.92 Å². The summed E-state index contributed by atoms with van der Waals surface area (Å²) in [6, 6.07) is 15.8. The van der Waals surface area contributed by atoms with Gasteiger partial charge in [0.1, 0.15) is 11.4 Å². The molecule has 2 aromatic carbocycles. The van der Waals surface area contributed by atoms with Gasteiger partial charge in [-0.05, 0) is 37.1 Å². The second-order valence-corrected chi connectivity index (χ2v) is 7.14. The summed E-state index contributed by atoms with van der Waals surface area (Å²) in [5, 5.41) is 8.72. The molecule has 0 bridgehead atoms. The Bertz CT molecular complexity index is 667. The Hall–Kier alpha value is -2.16. The van der Waals surface area contributed by atoms with Crippen LogP contribution in [0.3, 0.4) is 0 Å². The van der Waals surface area contributed by atoms with Gasteiger partial charge < -0.3 is 4.74 Å². The molecule has 0 fully saturated rings. The molecule has 3 nitrogen and oxygen atoms in total. The first-order valence-corrected chi connectivity index (χ1v) is 10.5. The summed E-state index contributed by atoms with van der Waals surface area (Å²) >= 11 is 0. The average Bonchev–Trinajstić information content (AvgIpc) is 2.70. The zero-order chi connectivity index (χ0) is 19.2. The van der Waals surface area contributed by atoms with Crippen molar-refractivity contribution in [3.05, 3.63) is 54.1 Å². The molecule has 2 aromatic rings. The summed E-state index contributed by atoms with van der Waals surface area (Å²) in [7, 11) is 0. The fourth-order valence-electron chi connectivity index (χ4n) is 3.10. The lowest BCUT2D eigenvalue weighted by Gasteiger charge is -2.11. The molecule has 0 heterocycles. The molecule has 0 saturated heterocycles. The highest BCUT2D eigenvalue weighted by Gasteiger charge is 2.06. The van der Waals surface area contributed by atoms with E-state index in [2.05, 4.69) is 30.1 Å². The molecule has 0 N–H and O–H groups in total. The van der Waals surface area contributed by atoms with Crippen molar-refractivity contribution in [3.8, 4) is 5.75 Å². The molecule has 2 rings (SSSR count). The van der Waals surface area contributed by atoms with E-state index in [1.807, 2.05) is 42.5 Å². The van der Waals surface area contributed by atoms with Crippen LogP contribution in [-0.4, -0.2) is 6.61 Å². The topological polar surface area (TPSA) is 34.0 Å². The zero-order valence-electron chi connectivity index (χ0n) is 17.0. The Morgan fingerprint density at radius 1 is 0.704 bits per heavy atom. The number of unbranched alkanes of at least 4 members (excludes halogenated alkanes) is 8. The van der Waals surface area contributed by atoms with Crippen molar-refractivity contribution in [2.24, 2.45) is 10.2 Å². The number of hydrogen-bond donors (Lipinski definition) is 0.